The third kappa shape index (κ3) is 2.60. The Bertz CT molecular complexity index is 397. The lowest BCUT2D eigenvalue weighted by molar-refractivity contribution is -0.133. The van der Waals surface area contributed by atoms with Crippen LogP contribution < -0.4 is 5.73 Å². The first-order valence-electron chi connectivity index (χ1n) is 7.93. The van der Waals surface area contributed by atoms with E-state index >= 15 is 0 Å². The zero-order valence-electron chi connectivity index (χ0n) is 12.6. The maximum atomic E-state index is 12.6. The van der Waals surface area contributed by atoms with Crippen LogP contribution in [0.4, 0.5) is 0 Å². The molecule has 114 valence electrons. The first-order valence-corrected chi connectivity index (χ1v) is 8.44. The zero-order chi connectivity index (χ0) is 14.5. The number of hydrogen-bond donors (Lipinski definition) is 2. The lowest BCUT2D eigenvalue weighted by Crippen LogP contribution is -2.47. The number of carbonyl (C=O) groups excluding carboxylic acids is 1. The molecule has 1 spiro atoms. The third-order valence-electron chi connectivity index (χ3n) is 5.51. The van der Waals surface area contributed by atoms with Crippen molar-refractivity contribution in [2.75, 3.05) is 19.6 Å². The number of nitrogens with two attached hydrogens (primary N) is 1. The van der Waals surface area contributed by atoms with Gasteiger partial charge in [-0.3, -0.25) is 9.69 Å². The number of rotatable bonds is 3. The smallest absolute Gasteiger partial charge is 0.239 e. The minimum atomic E-state index is -0.263. The summed E-state index contributed by atoms with van der Waals surface area (Å²) in [6.45, 7) is 6.87. The fourth-order valence-corrected chi connectivity index (χ4v) is 4.26. The van der Waals surface area contributed by atoms with Crippen LogP contribution in [0.2, 0.25) is 0 Å². The van der Waals surface area contributed by atoms with Crippen molar-refractivity contribution in [2.24, 2.45) is 17.1 Å². The maximum absolute atomic E-state index is 12.6. The Labute approximate surface area is 127 Å². The van der Waals surface area contributed by atoms with E-state index in [0.29, 0.717) is 17.4 Å². The predicted molar refractivity (Wildman–Crippen MR) is 83.6 cm³/mol. The Morgan fingerprint density at radius 2 is 2.00 bits per heavy atom. The van der Waals surface area contributed by atoms with Crippen molar-refractivity contribution >= 4 is 18.5 Å². The number of hydrogen-bond acceptors (Lipinski definition) is 4. The lowest BCUT2D eigenvalue weighted by Gasteiger charge is -2.29. The molecule has 0 aromatic rings. The number of nitrogens with zero attached hydrogens (tertiary/aromatic N) is 2. The monoisotopic (exact) mass is 297 g/mol. The molecule has 1 saturated heterocycles. The molecule has 2 aliphatic carbocycles. The lowest BCUT2D eigenvalue weighted by atomic mass is 10.1. The highest BCUT2D eigenvalue weighted by molar-refractivity contribution is 7.80. The Morgan fingerprint density at radius 1 is 1.30 bits per heavy atom. The molecule has 2 saturated carbocycles. The first-order chi connectivity index (χ1) is 9.44. The summed E-state index contributed by atoms with van der Waals surface area (Å²) in [7, 11) is 0. The van der Waals surface area contributed by atoms with Gasteiger partial charge in [-0.25, -0.2) is 0 Å². The first kappa shape index (κ1) is 14.7. The van der Waals surface area contributed by atoms with E-state index in [1.807, 2.05) is 4.90 Å². The van der Waals surface area contributed by atoms with Crippen molar-refractivity contribution in [2.45, 2.75) is 57.0 Å². The fraction of sp³-hybridized carbons (Fsp3) is 0.933. The van der Waals surface area contributed by atoms with Crippen LogP contribution in [-0.2, 0) is 4.79 Å². The van der Waals surface area contributed by atoms with Gasteiger partial charge in [-0.15, -0.1) is 0 Å². The third-order valence-corrected chi connectivity index (χ3v) is 6.06. The average molecular weight is 297 g/mol. The number of amides is 1. The summed E-state index contributed by atoms with van der Waals surface area (Å²) < 4.78 is 0. The number of thiol groups is 1. The predicted octanol–water partition coefficient (Wildman–Crippen LogP) is 1.31. The van der Waals surface area contributed by atoms with E-state index in [1.54, 1.807) is 0 Å². The maximum Gasteiger partial charge on any atom is 0.239 e. The summed E-state index contributed by atoms with van der Waals surface area (Å²) in [5, 5.41) is 0.250. The molecular weight excluding hydrogens is 270 g/mol. The molecule has 0 radical (unpaired) electrons. The molecule has 1 aliphatic heterocycles. The molecule has 3 fully saturated rings. The SMILES string of the molecule is CC(C)N1CCN(C(=O)[C@H](N)[C@H]2CC23CC3)CCC1S. The standard InChI is InChI=1S/C15H27N3OS/c1-10(2)18-8-7-17(6-3-12(18)20)14(19)13(16)11-9-15(11)4-5-15/h10-13,20H,3-9,16H2,1-2H3/t11-,12?,13-/m1/s1. The normalized spacial score (nSPS) is 34.1. The molecule has 5 heteroatoms. The van der Waals surface area contributed by atoms with Gasteiger partial charge in [-0.1, -0.05) is 0 Å². The second-order valence-corrected chi connectivity index (χ2v) is 7.72. The van der Waals surface area contributed by atoms with E-state index in [-0.39, 0.29) is 17.3 Å². The van der Waals surface area contributed by atoms with Crippen LogP contribution in [0.15, 0.2) is 0 Å². The van der Waals surface area contributed by atoms with Gasteiger partial charge in [0, 0.05) is 25.7 Å². The van der Waals surface area contributed by atoms with Gasteiger partial charge >= 0.3 is 0 Å². The molecule has 0 aromatic heterocycles. The van der Waals surface area contributed by atoms with Crippen molar-refractivity contribution in [1.29, 1.82) is 0 Å². The van der Waals surface area contributed by atoms with Gasteiger partial charge in [0.25, 0.3) is 0 Å². The van der Waals surface area contributed by atoms with Crippen LogP contribution >= 0.6 is 12.6 Å². The summed E-state index contributed by atoms with van der Waals surface area (Å²) in [5.74, 6) is 0.635. The quantitative estimate of drug-likeness (QED) is 0.772. The fourth-order valence-electron chi connectivity index (χ4n) is 3.76. The van der Waals surface area contributed by atoms with Crippen LogP contribution in [-0.4, -0.2) is 52.8 Å². The van der Waals surface area contributed by atoms with E-state index in [2.05, 4.69) is 31.4 Å². The van der Waals surface area contributed by atoms with Crippen LogP contribution in [0.3, 0.4) is 0 Å². The van der Waals surface area contributed by atoms with Crippen molar-refractivity contribution in [3.05, 3.63) is 0 Å². The molecule has 4 nitrogen and oxygen atoms in total. The Balaban J connectivity index is 1.58. The summed E-state index contributed by atoms with van der Waals surface area (Å²) >= 11 is 4.67. The van der Waals surface area contributed by atoms with E-state index in [0.717, 1.165) is 26.1 Å². The molecule has 1 heterocycles. The molecule has 3 aliphatic rings. The summed E-state index contributed by atoms with van der Waals surface area (Å²) in [5.41, 5.74) is 6.72. The topological polar surface area (TPSA) is 49.6 Å². The zero-order valence-corrected chi connectivity index (χ0v) is 13.5. The summed E-state index contributed by atoms with van der Waals surface area (Å²) in [4.78, 5) is 16.9. The van der Waals surface area contributed by atoms with E-state index in [1.165, 1.54) is 19.3 Å². The van der Waals surface area contributed by atoms with Crippen LogP contribution in [0.25, 0.3) is 0 Å². The Morgan fingerprint density at radius 3 is 2.55 bits per heavy atom. The molecule has 0 aromatic carbocycles. The molecule has 0 bridgehead atoms. The molecule has 3 atom stereocenters. The average Bonchev–Trinajstić information content (AvgIpc) is 3.30. The van der Waals surface area contributed by atoms with Gasteiger partial charge < -0.3 is 10.6 Å². The molecule has 3 rings (SSSR count). The highest BCUT2D eigenvalue weighted by Gasteiger charge is 2.65. The number of carbonyl (C=O) groups is 1. The van der Waals surface area contributed by atoms with Crippen LogP contribution in [0, 0.1) is 11.3 Å². The van der Waals surface area contributed by atoms with E-state index in [4.69, 9.17) is 5.73 Å². The highest BCUT2D eigenvalue weighted by atomic mass is 32.1. The summed E-state index contributed by atoms with van der Waals surface area (Å²) in [6, 6.07) is 0.209. The van der Waals surface area contributed by atoms with Gasteiger partial charge in [0.2, 0.25) is 5.91 Å². The van der Waals surface area contributed by atoms with Crippen molar-refractivity contribution in [3.63, 3.8) is 0 Å². The Hall–Kier alpha value is -0.260. The molecule has 20 heavy (non-hydrogen) atoms. The van der Waals surface area contributed by atoms with Crippen LogP contribution in [0.1, 0.15) is 39.5 Å². The molecular formula is C15H27N3OS. The van der Waals surface area contributed by atoms with Gasteiger partial charge in [0.15, 0.2) is 0 Å². The molecule has 1 amide bonds. The van der Waals surface area contributed by atoms with Crippen molar-refractivity contribution in [3.8, 4) is 0 Å². The van der Waals surface area contributed by atoms with Gasteiger partial charge in [-0.05, 0) is 50.9 Å². The highest BCUT2D eigenvalue weighted by Crippen LogP contribution is 2.71. The van der Waals surface area contributed by atoms with Crippen molar-refractivity contribution < 1.29 is 4.79 Å². The van der Waals surface area contributed by atoms with E-state index < -0.39 is 0 Å². The summed E-state index contributed by atoms with van der Waals surface area (Å²) in [6.07, 6.45) is 4.69. The van der Waals surface area contributed by atoms with E-state index in [9.17, 15) is 4.79 Å². The Kier molecular flexibility index (Phi) is 3.80. The molecule has 1 unspecified atom stereocenters. The van der Waals surface area contributed by atoms with Gasteiger partial charge in [0.1, 0.15) is 0 Å². The minimum Gasteiger partial charge on any atom is -0.340 e. The van der Waals surface area contributed by atoms with Crippen molar-refractivity contribution in [1.82, 2.24) is 9.80 Å². The second-order valence-electron chi connectivity index (χ2n) is 7.12. The minimum absolute atomic E-state index is 0.171. The van der Waals surface area contributed by atoms with Gasteiger partial charge in [-0.2, -0.15) is 12.6 Å². The van der Waals surface area contributed by atoms with Crippen LogP contribution in [0.5, 0.6) is 0 Å². The second kappa shape index (κ2) is 5.18. The van der Waals surface area contributed by atoms with Gasteiger partial charge in [0.05, 0.1) is 11.4 Å². The largest absolute Gasteiger partial charge is 0.340 e. The molecule has 2 N–H and O–H groups in total.